The molecule has 1 amide bonds. The van der Waals surface area contributed by atoms with Gasteiger partial charge in [0.25, 0.3) is 0 Å². The minimum atomic E-state index is -0.00297. The lowest BCUT2D eigenvalue weighted by Crippen LogP contribution is -2.44. The first-order chi connectivity index (χ1) is 13.6. The average molecular weight is 384 g/mol. The van der Waals surface area contributed by atoms with Crippen LogP contribution in [0, 0.1) is 12.8 Å². The number of likely N-dealkylation sites (tertiary alicyclic amines) is 1. The Kier molecular flexibility index (Phi) is 7.26. The molecular weight excluding hydrogens is 350 g/mol. The normalized spacial score (nSPS) is 17.7. The number of aromatic amines is 1. The van der Waals surface area contributed by atoms with Gasteiger partial charge in [0.15, 0.2) is 5.78 Å². The molecule has 28 heavy (non-hydrogen) atoms. The van der Waals surface area contributed by atoms with Crippen molar-refractivity contribution in [3.63, 3.8) is 0 Å². The van der Waals surface area contributed by atoms with Gasteiger partial charge in [0, 0.05) is 35.2 Å². The van der Waals surface area contributed by atoms with Crippen molar-refractivity contribution in [2.75, 3.05) is 26.2 Å². The molecule has 5 heteroatoms. The summed E-state index contributed by atoms with van der Waals surface area (Å²) < 4.78 is 0. The van der Waals surface area contributed by atoms with Crippen LogP contribution in [0.2, 0.25) is 0 Å². The van der Waals surface area contributed by atoms with Crippen LogP contribution in [-0.4, -0.2) is 47.8 Å². The van der Waals surface area contributed by atoms with Crippen molar-refractivity contribution in [2.24, 2.45) is 5.92 Å². The van der Waals surface area contributed by atoms with Gasteiger partial charge in [-0.2, -0.15) is 0 Å². The van der Waals surface area contributed by atoms with E-state index in [1.54, 1.807) is 0 Å². The fraction of sp³-hybridized carbons (Fsp3) is 0.565. The summed E-state index contributed by atoms with van der Waals surface area (Å²) in [7, 11) is 0. The van der Waals surface area contributed by atoms with Gasteiger partial charge in [-0.15, -0.1) is 0 Å². The van der Waals surface area contributed by atoms with Gasteiger partial charge in [0.05, 0.1) is 12.5 Å². The van der Waals surface area contributed by atoms with Crippen molar-refractivity contribution in [1.29, 1.82) is 0 Å². The standard InChI is InChI=1S/C23H33N3O2/c1-3-4-5-8-13-24-23(28)18-10-9-14-26(15-18)16-21(27)22-17(2)25-20-12-7-6-11-19(20)22/h6-7,11-12,18,25H,3-5,8-10,13-16H2,1-2H3,(H,24,28). The van der Waals surface area contributed by atoms with Crippen molar-refractivity contribution >= 4 is 22.6 Å². The summed E-state index contributed by atoms with van der Waals surface area (Å²) in [5.74, 6) is 0.282. The number of carbonyl (C=O) groups is 2. The SMILES string of the molecule is CCCCCCNC(=O)C1CCCN(CC(=O)c2c(C)[nH]c3ccccc23)C1. The Balaban J connectivity index is 1.55. The molecule has 0 bridgehead atoms. The molecule has 2 N–H and O–H groups in total. The highest BCUT2D eigenvalue weighted by molar-refractivity contribution is 6.10. The van der Waals surface area contributed by atoms with Gasteiger partial charge in [0.1, 0.15) is 0 Å². The smallest absolute Gasteiger partial charge is 0.224 e. The quantitative estimate of drug-likeness (QED) is 0.507. The summed E-state index contributed by atoms with van der Waals surface area (Å²) in [6.07, 6.45) is 6.53. The number of benzene rings is 1. The number of aromatic nitrogens is 1. The summed E-state index contributed by atoms with van der Waals surface area (Å²) in [6.45, 7) is 6.85. The second kappa shape index (κ2) is 9.87. The molecule has 1 unspecified atom stereocenters. The number of Topliss-reactive ketones (excluding diaryl/α,β-unsaturated/α-hetero) is 1. The number of piperidine rings is 1. The predicted octanol–water partition coefficient (Wildman–Crippen LogP) is 4.07. The van der Waals surface area contributed by atoms with Crippen LogP contribution in [0.15, 0.2) is 24.3 Å². The Hall–Kier alpha value is -2.14. The van der Waals surface area contributed by atoms with Crippen LogP contribution < -0.4 is 5.32 Å². The number of fused-ring (bicyclic) bond motifs is 1. The molecule has 5 nitrogen and oxygen atoms in total. The molecule has 3 rings (SSSR count). The zero-order chi connectivity index (χ0) is 19.9. The molecule has 152 valence electrons. The van der Waals surface area contributed by atoms with Gasteiger partial charge in [-0.1, -0.05) is 44.4 Å². The Morgan fingerprint density at radius 2 is 2.04 bits per heavy atom. The number of carbonyl (C=O) groups excluding carboxylic acids is 2. The second-order valence-electron chi connectivity index (χ2n) is 8.02. The monoisotopic (exact) mass is 383 g/mol. The molecule has 1 aromatic carbocycles. The van der Waals surface area contributed by atoms with Crippen molar-refractivity contribution < 1.29 is 9.59 Å². The number of hydrogen-bond donors (Lipinski definition) is 2. The van der Waals surface area contributed by atoms with Crippen LogP contribution in [0.4, 0.5) is 0 Å². The third-order valence-corrected chi connectivity index (χ3v) is 5.75. The Morgan fingerprint density at radius 3 is 2.86 bits per heavy atom. The summed E-state index contributed by atoms with van der Waals surface area (Å²) in [5.41, 5.74) is 2.71. The highest BCUT2D eigenvalue weighted by atomic mass is 16.2. The van der Waals surface area contributed by atoms with Gasteiger partial charge in [0.2, 0.25) is 5.91 Å². The number of H-pyrrole nitrogens is 1. The van der Waals surface area contributed by atoms with E-state index in [1.807, 2.05) is 31.2 Å². The van der Waals surface area contributed by atoms with Gasteiger partial charge >= 0.3 is 0 Å². The number of ketones is 1. The first-order valence-electron chi connectivity index (χ1n) is 10.7. The molecule has 1 aromatic heterocycles. The molecule has 0 spiro atoms. The lowest BCUT2D eigenvalue weighted by Gasteiger charge is -2.31. The number of nitrogens with zero attached hydrogens (tertiary/aromatic N) is 1. The van der Waals surface area contributed by atoms with E-state index in [0.717, 1.165) is 54.5 Å². The van der Waals surface area contributed by atoms with Crippen molar-refractivity contribution in [2.45, 2.75) is 52.4 Å². The van der Waals surface area contributed by atoms with Crippen LogP contribution >= 0.6 is 0 Å². The largest absolute Gasteiger partial charge is 0.358 e. The minimum Gasteiger partial charge on any atom is -0.358 e. The fourth-order valence-electron chi connectivity index (χ4n) is 4.24. The zero-order valence-electron chi connectivity index (χ0n) is 17.2. The number of para-hydroxylation sites is 1. The van der Waals surface area contributed by atoms with Crippen LogP contribution in [-0.2, 0) is 4.79 Å². The first-order valence-corrected chi connectivity index (χ1v) is 10.7. The highest BCUT2D eigenvalue weighted by Crippen LogP contribution is 2.24. The number of unbranched alkanes of at least 4 members (excludes halogenated alkanes) is 3. The maximum atomic E-state index is 13.0. The van der Waals surface area contributed by atoms with Gasteiger partial charge < -0.3 is 10.3 Å². The molecular formula is C23H33N3O2. The number of nitrogens with one attached hydrogen (secondary N) is 2. The van der Waals surface area contributed by atoms with Crippen molar-refractivity contribution in [3.05, 3.63) is 35.5 Å². The predicted molar refractivity (Wildman–Crippen MR) is 114 cm³/mol. The van der Waals surface area contributed by atoms with Crippen molar-refractivity contribution in [3.8, 4) is 0 Å². The van der Waals surface area contributed by atoms with Gasteiger partial charge in [-0.3, -0.25) is 14.5 Å². The molecule has 0 aliphatic carbocycles. The summed E-state index contributed by atoms with van der Waals surface area (Å²) in [6, 6.07) is 7.94. The highest BCUT2D eigenvalue weighted by Gasteiger charge is 2.27. The molecule has 1 aliphatic rings. The minimum absolute atomic E-state index is 0.00297. The third-order valence-electron chi connectivity index (χ3n) is 5.75. The van der Waals surface area contributed by atoms with E-state index in [0.29, 0.717) is 13.1 Å². The number of rotatable bonds is 9. The lowest BCUT2D eigenvalue weighted by molar-refractivity contribution is -0.126. The Labute approximate surface area is 167 Å². The van der Waals surface area contributed by atoms with E-state index in [-0.39, 0.29) is 17.6 Å². The van der Waals surface area contributed by atoms with Gasteiger partial charge in [-0.05, 0) is 38.8 Å². The number of amides is 1. The van der Waals surface area contributed by atoms with E-state index >= 15 is 0 Å². The summed E-state index contributed by atoms with van der Waals surface area (Å²) in [4.78, 5) is 30.9. The Bertz CT molecular complexity index is 811. The summed E-state index contributed by atoms with van der Waals surface area (Å²) >= 11 is 0. The van der Waals surface area contributed by atoms with Crippen LogP contribution in [0.3, 0.4) is 0 Å². The number of aryl methyl sites for hydroxylation is 1. The summed E-state index contributed by atoms with van der Waals surface area (Å²) in [5, 5.41) is 4.08. The zero-order valence-corrected chi connectivity index (χ0v) is 17.2. The number of hydrogen-bond acceptors (Lipinski definition) is 3. The molecule has 1 fully saturated rings. The van der Waals surface area contributed by atoms with E-state index in [2.05, 4.69) is 22.1 Å². The van der Waals surface area contributed by atoms with E-state index < -0.39 is 0 Å². The maximum Gasteiger partial charge on any atom is 0.224 e. The molecule has 1 atom stereocenters. The van der Waals surface area contributed by atoms with Crippen molar-refractivity contribution in [1.82, 2.24) is 15.2 Å². The lowest BCUT2D eigenvalue weighted by atomic mass is 9.96. The van der Waals surface area contributed by atoms with E-state index in [4.69, 9.17) is 0 Å². The third kappa shape index (κ3) is 5.02. The van der Waals surface area contributed by atoms with Crippen LogP contribution in [0.5, 0.6) is 0 Å². The molecule has 0 radical (unpaired) electrons. The molecule has 1 saturated heterocycles. The first kappa shape index (κ1) is 20.6. The van der Waals surface area contributed by atoms with Crippen LogP contribution in [0.1, 0.15) is 61.5 Å². The molecule has 2 aromatic rings. The molecule has 2 heterocycles. The van der Waals surface area contributed by atoms with Crippen LogP contribution in [0.25, 0.3) is 10.9 Å². The Morgan fingerprint density at radius 1 is 1.21 bits per heavy atom. The van der Waals surface area contributed by atoms with Gasteiger partial charge in [-0.25, -0.2) is 0 Å². The average Bonchev–Trinajstić information content (AvgIpc) is 3.03. The topological polar surface area (TPSA) is 65.2 Å². The van der Waals surface area contributed by atoms with E-state index in [1.165, 1.54) is 19.3 Å². The second-order valence-corrected chi connectivity index (χ2v) is 8.02. The fourth-order valence-corrected chi connectivity index (χ4v) is 4.24. The maximum absolute atomic E-state index is 13.0. The molecule has 0 saturated carbocycles. The van der Waals surface area contributed by atoms with E-state index in [9.17, 15) is 9.59 Å². The molecule has 1 aliphatic heterocycles.